The molecule has 0 unspecified atom stereocenters. The van der Waals surface area contributed by atoms with Crippen molar-refractivity contribution in [2.24, 2.45) is 0 Å². The maximum atomic E-state index is 13.0. The Morgan fingerprint density at radius 3 is 2.60 bits per heavy atom. The molecule has 1 atom stereocenters. The monoisotopic (exact) mass is 341 g/mol. The van der Waals surface area contributed by atoms with Crippen LogP contribution < -0.4 is 9.47 Å². The minimum absolute atomic E-state index is 0.0920. The van der Waals surface area contributed by atoms with E-state index in [1.807, 2.05) is 29.2 Å². The zero-order valence-electron chi connectivity index (χ0n) is 14.6. The SMILES string of the molecule is COc1ccccc1C[C@@H]1CCCN1C(=O)c1cccc(OC)c1O. The number of phenols is 1. The molecule has 3 rings (SSSR count). The lowest BCUT2D eigenvalue weighted by atomic mass is 10.0. The normalized spacial score (nSPS) is 16.7. The summed E-state index contributed by atoms with van der Waals surface area (Å²) in [5.74, 6) is 0.893. The van der Waals surface area contributed by atoms with Crippen LogP contribution in [-0.2, 0) is 6.42 Å². The number of carbonyl (C=O) groups excluding carboxylic acids is 1. The van der Waals surface area contributed by atoms with Crippen LogP contribution in [-0.4, -0.2) is 42.7 Å². The van der Waals surface area contributed by atoms with Crippen molar-refractivity contribution < 1.29 is 19.4 Å². The van der Waals surface area contributed by atoms with E-state index >= 15 is 0 Å². The average Bonchev–Trinajstić information content (AvgIpc) is 3.10. The molecule has 1 heterocycles. The second kappa shape index (κ2) is 7.47. The zero-order chi connectivity index (χ0) is 17.8. The fourth-order valence-electron chi connectivity index (χ4n) is 3.46. The number of rotatable bonds is 5. The van der Waals surface area contributed by atoms with Gasteiger partial charge in [0.2, 0.25) is 0 Å². The van der Waals surface area contributed by atoms with Gasteiger partial charge in [-0.25, -0.2) is 0 Å². The highest BCUT2D eigenvalue weighted by atomic mass is 16.5. The molecule has 1 amide bonds. The number of hydrogen-bond donors (Lipinski definition) is 1. The lowest BCUT2D eigenvalue weighted by Gasteiger charge is -2.26. The topological polar surface area (TPSA) is 59.0 Å². The molecule has 0 saturated carbocycles. The van der Waals surface area contributed by atoms with Crippen LogP contribution in [0.1, 0.15) is 28.8 Å². The Morgan fingerprint density at radius 2 is 1.84 bits per heavy atom. The number of methoxy groups -OCH3 is 2. The largest absolute Gasteiger partial charge is 0.504 e. The van der Waals surface area contributed by atoms with Gasteiger partial charge in [-0.05, 0) is 43.0 Å². The van der Waals surface area contributed by atoms with Gasteiger partial charge in [-0.1, -0.05) is 24.3 Å². The van der Waals surface area contributed by atoms with E-state index in [-0.39, 0.29) is 23.3 Å². The van der Waals surface area contributed by atoms with Crippen LogP contribution in [0.25, 0.3) is 0 Å². The van der Waals surface area contributed by atoms with Crippen LogP contribution in [0.15, 0.2) is 42.5 Å². The van der Waals surface area contributed by atoms with E-state index < -0.39 is 0 Å². The number of benzene rings is 2. The molecule has 0 aliphatic carbocycles. The summed E-state index contributed by atoms with van der Waals surface area (Å²) in [7, 11) is 3.13. The van der Waals surface area contributed by atoms with Gasteiger partial charge < -0.3 is 19.5 Å². The Morgan fingerprint density at radius 1 is 1.12 bits per heavy atom. The van der Waals surface area contributed by atoms with E-state index in [0.717, 1.165) is 30.6 Å². The lowest BCUT2D eigenvalue weighted by molar-refractivity contribution is 0.0732. The van der Waals surface area contributed by atoms with Gasteiger partial charge in [-0.3, -0.25) is 4.79 Å². The van der Waals surface area contributed by atoms with Gasteiger partial charge in [0.1, 0.15) is 5.75 Å². The molecule has 1 aliphatic heterocycles. The number of aromatic hydroxyl groups is 1. The second-order valence-corrected chi connectivity index (χ2v) is 6.17. The number of phenolic OH excluding ortho intramolecular Hbond substituents is 1. The van der Waals surface area contributed by atoms with Crippen molar-refractivity contribution in [3.63, 3.8) is 0 Å². The molecule has 0 bridgehead atoms. The number of ether oxygens (including phenoxy) is 2. The zero-order valence-corrected chi connectivity index (χ0v) is 14.6. The van der Waals surface area contributed by atoms with E-state index in [0.29, 0.717) is 12.3 Å². The molecule has 1 aliphatic rings. The van der Waals surface area contributed by atoms with Crippen molar-refractivity contribution >= 4 is 5.91 Å². The fourth-order valence-corrected chi connectivity index (χ4v) is 3.46. The van der Waals surface area contributed by atoms with E-state index in [2.05, 4.69) is 0 Å². The molecule has 2 aromatic rings. The van der Waals surface area contributed by atoms with Gasteiger partial charge >= 0.3 is 0 Å². The Labute approximate surface area is 147 Å². The summed E-state index contributed by atoms with van der Waals surface area (Å²) in [6, 6.07) is 13.0. The Bertz CT molecular complexity index is 759. The summed E-state index contributed by atoms with van der Waals surface area (Å²) < 4.78 is 10.5. The standard InChI is InChI=1S/C20H23NO4/c1-24-17-10-4-3-7-14(17)13-15-8-6-12-21(15)20(23)16-9-5-11-18(25-2)19(16)22/h3-5,7,9-11,15,22H,6,8,12-13H2,1-2H3/t15-/m0/s1. The summed E-state index contributed by atoms with van der Waals surface area (Å²) >= 11 is 0. The Balaban J connectivity index is 1.83. The number of nitrogens with zero attached hydrogens (tertiary/aromatic N) is 1. The Kier molecular flexibility index (Phi) is 5.12. The molecule has 1 fully saturated rings. The molecule has 0 radical (unpaired) electrons. The van der Waals surface area contributed by atoms with Crippen molar-refractivity contribution in [2.75, 3.05) is 20.8 Å². The molecular weight excluding hydrogens is 318 g/mol. The quantitative estimate of drug-likeness (QED) is 0.907. The molecular formula is C20H23NO4. The maximum absolute atomic E-state index is 13.0. The highest BCUT2D eigenvalue weighted by Gasteiger charge is 2.31. The smallest absolute Gasteiger partial charge is 0.258 e. The van der Waals surface area contributed by atoms with Gasteiger partial charge in [0, 0.05) is 12.6 Å². The van der Waals surface area contributed by atoms with E-state index in [4.69, 9.17) is 9.47 Å². The first-order valence-corrected chi connectivity index (χ1v) is 8.44. The highest BCUT2D eigenvalue weighted by molar-refractivity contribution is 5.98. The number of hydrogen-bond acceptors (Lipinski definition) is 4. The fraction of sp³-hybridized carbons (Fsp3) is 0.350. The molecule has 1 saturated heterocycles. The van der Waals surface area contributed by atoms with Crippen LogP contribution in [0.2, 0.25) is 0 Å². The molecule has 0 spiro atoms. The van der Waals surface area contributed by atoms with Crippen molar-refractivity contribution in [3.8, 4) is 17.2 Å². The predicted octanol–water partition coefficient (Wildman–Crippen LogP) is 3.26. The summed E-state index contributed by atoms with van der Waals surface area (Å²) in [6.45, 7) is 0.690. The van der Waals surface area contributed by atoms with Crippen LogP contribution in [0, 0.1) is 0 Å². The molecule has 0 aromatic heterocycles. The van der Waals surface area contributed by atoms with E-state index in [1.165, 1.54) is 7.11 Å². The van der Waals surface area contributed by atoms with Crippen molar-refractivity contribution in [1.82, 2.24) is 4.90 Å². The van der Waals surface area contributed by atoms with E-state index in [9.17, 15) is 9.90 Å². The van der Waals surface area contributed by atoms with Crippen LogP contribution in [0.4, 0.5) is 0 Å². The minimum atomic E-state index is -0.159. The van der Waals surface area contributed by atoms with Gasteiger partial charge in [-0.2, -0.15) is 0 Å². The number of likely N-dealkylation sites (tertiary alicyclic amines) is 1. The van der Waals surface area contributed by atoms with Crippen molar-refractivity contribution in [2.45, 2.75) is 25.3 Å². The summed E-state index contributed by atoms with van der Waals surface area (Å²) in [5, 5.41) is 10.3. The first-order chi connectivity index (χ1) is 12.2. The number of para-hydroxylation sites is 2. The summed E-state index contributed by atoms with van der Waals surface area (Å²) in [5.41, 5.74) is 1.37. The lowest BCUT2D eigenvalue weighted by Crippen LogP contribution is -2.36. The van der Waals surface area contributed by atoms with Crippen LogP contribution >= 0.6 is 0 Å². The molecule has 5 nitrogen and oxygen atoms in total. The highest BCUT2D eigenvalue weighted by Crippen LogP contribution is 2.33. The first-order valence-electron chi connectivity index (χ1n) is 8.44. The van der Waals surface area contributed by atoms with Crippen LogP contribution in [0.3, 0.4) is 0 Å². The molecule has 2 aromatic carbocycles. The van der Waals surface area contributed by atoms with Crippen molar-refractivity contribution in [3.05, 3.63) is 53.6 Å². The molecule has 5 heteroatoms. The Hall–Kier alpha value is -2.69. The van der Waals surface area contributed by atoms with Crippen LogP contribution in [0.5, 0.6) is 17.2 Å². The third-order valence-electron chi connectivity index (χ3n) is 4.74. The molecule has 132 valence electrons. The first kappa shape index (κ1) is 17.1. The maximum Gasteiger partial charge on any atom is 0.258 e. The average molecular weight is 341 g/mol. The third-order valence-corrected chi connectivity index (χ3v) is 4.74. The summed E-state index contributed by atoms with van der Waals surface area (Å²) in [6.07, 6.45) is 2.63. The van der Waals surface area contributed by atoms with Crippen molar-refractivity contribution in [1.29, 1.82) is 0 Å². The number of carbonyl (C=O) groups is 1. The summed E-state index contributed by atoms with van der Waals surface area (Å²) in [4.78, 5) is 14.8. The van der Waals surface area contributed by atoms with Gasteiger partial charge in [-0.15, -0.1) is 0 Å². The molecule has 25 heavy (non-hydrogen) atoms. The van der Waals surface area contributed by atoms with Gasteiger partial charge in [0.25, 0.3) is 5.91 Å². The second-order valence-electron chi connectivity index (χ2n) is 6.17. The molecule has 1 N–H and O–H groups in total. The predicted molar refractivity (Wildman–Crippen MR) is 95.4 cm³/mol. The van der Waals surface area contributed by atoms with Gasteiger partial charge in [0.15, 0.2) is 11.5 Å². The van der Waals surface area contributed by atoms with E-state index in [1.54, 1.807) is 25.3 Å². The minimum Gasteiger partial charge on any atom is -0.504 e. The number of amides is 1. The third kappa shape index (κ3) is 3.40. The van der Waals surface area contributed by atoms with Gasteiger partial charge in [0.05, 0.1) is 19.8 Å².